The summed E-state index contributed by atoms with van der Waals surface area (Å²) in [6, 6.07) is 6.48. The van der Waals surface area contributed by atoms with Crippen LogP contribution in [0.15, 0.2) is 24.3 Å². The van der Waals surface area contributed by atoms with Gasteiger partial charge in [-0.2, -0.15) is 0 Å². The zero-order chi connectivity index (χ0) is 13.2. The molecule has 1 aromatic rings. The fourth-order valence-corrected chi connectivity index (χ4v) is 2.05. The van der Waals surface area contributed by atoms with Crippen LogP contribution in [0.2, 0.25) is 0 Å². The predicted molar refractivity (Wildman–Crippen MR) is 69.0 cm³/mol. The van der Waals surface area contributed by atoms with Gasteiger partial charge in [0.2, 0.25) is 11.8 Å². The summed E-state index contributed by atoms with van der Waals surface area (Å²) >= 11 is 0. The fraction of sp³-hybridized carbons (Fsp3) is 0.385. The first-order valence-electron chi connectivity index (χ1n) is 5.97. The first-order valence-corrected chi connectivity index (χ1v) is 5.97. The molecule has 1 saturated carbocycles. The van der Waals surface area contributed by atoms with Crippen LogP contribution in [0.25, 0.3) is 0 Å². The van der Waals surface area contributed by atoms with Gasteiger partial charge in [0.25, 0.3) is 0 Å². The number of primary amides is 1. The smallest absolute Gasteiger partial charge is 0.248 e. The Labute approximate surface area is 106 Å². The van der Waals surface area contributed by atoms with E-state index < -0.39 is 5.91 Å². The molecular formula is C13H17N3O2. The molecule has 0 spiro atoms. The Morgan fingerprint density at radius 3 is 2.28 bits per heavy atom. The first-order chi connectivity index (χ1) is 8.48. The largest absolute Gasteiger partial charge is 0.366 e. The molecule has 5 nitrogen and oxygen atoms in total. The zero-order valence-corrected chi connectivity index (χ0v) is 10.1. The van der Waals surface area contributed by atoms with Gasteiger partial charge in [-0.15, -0.1) is 0 Å². The van der Waals surface area contributed by atoms with Crippen LogP contribution in [-0.2, 0) is 4.79 Å². The molecule has 2 amide bonds. The summed E-state index contributed by atoms with van der Waals surface area (Å²) in [5.74, 6) is -0.577. The van der Waals surface area contributed by atoms with Gasteiger partial charge in [-0.3, -0.25) is 9.59 Å². The van der Waals surface area contributed by atoms with Crippen LogP contribution in [0.1, 0.15) is 36.0 Å². The van der Waals surface area contributed by atoms with Crippen LogP contribution in [0.3, 0.4) is 0 Å². The highest BCUT2D eigenvalue weighted by Crippen LogP contribution is 2.32. The molecule has 5 N–H and O–H groups in total. The van der Waals surface area contributed by atoms with E-state index in [4.69, 9.17) is 11.5 Å². The molecule has 0 heterocycles. The van der Waals surface area contributed by atoms with Crippen molar-refractivity contribution in [3.63, 3.8) is 0 Å². The summed E-state index contributed by atoms with van der Waals surface area (Å²) in [4.78, 5) is 22.6. The average molecular weight is 247 g/mol. The van der Waals surface area contributed by atoms with Crippen molar-refractivity contribution >= 4 is 17.5 Å². The van der Waals surface area contributed by atoms with E-state index in [2.05, 4.69) is 5.32 Å². The van der Waals surface area contributed by atoms with Gasteiger partial charge in [0.1, 0.15) is 0 Å². The number of anilines is 1. The Bertz CT molecular complexity index is 464. The fourth-order valence-electron chi connectivity index (χ4n) is 2.05. The van der Waals surface area contributed by atoms with Gasteiger partial charge in [0.15, 0.2) is 0 Å². The Balaban J connectivity index is 1.92. The van der Waals surface area contributed by atoms with Crippen molar-refractivity contribution in [3.05, 3.63) is 29.8 Å². The van der Waals surface area contributed by atoms with Crippen molar-refractivity contribution in [1.82, 2.24) is 0 Å². The highest BCUT2D eigenvalue weighted by Gasteiger charge is 2.34. The van der Waals surface area contributed by atoms with E-state index in [1.54, 1.807) is 24.3 Å². The predicted octanol–water partition coefficient (Wildman–Crippen LogP) is 0.995. The second kappa shape index (κ2) is 4.78. The van der Waals surface area contributed by atoms with E-state index in [9.17, 15) is 9.59 Å². The van der Waals surface area contributed by atoms with E-state index >= 15 is 0 Å². The van der Waals surface area contributed by atoms with E-state index in [1.807, 2.05) is 0 Å². The van der Waals surface area contributed by atoms with Crippen LogP contribution in [0.4, 0.5) is 5.69 Å². The van der Waals surface area contributed by atoms with Crippen molar-refractivity contribution < 1.29 is 9.59 Å². The van der Waals surface area contributed by atoms with Crippen LogP contribution in [-0.4, -0.2) is 17.4 Å². The highest BCUT2D eigenvalue weighted by atomic mass is 16.2. The van der Waals surface area contributed by atoms with Gasteiger partial charge < -0.3 is 16.8 Å². The molecule has 2 rings (SSSR count). The van der Waals surface area contributed by atoms with Gasteiger partial charge in [0, 0.05) is 23.2 Å². The quantitative estimate of drug-likeness (QED) is 0.740. The van der Waals surface area contributed by atoms with Crippen LogP contribution in [0.5, 0.6) is 0 Å². The molecule has 1 aliphatic rings. The number of amides is 2. The summed E-state index contributed by atoms with van der Waals surface area (Å²) < 4.78 is 0. The number of nitrogens with two attached hydrogens (primary N) is 2. The molecule has 96 valence electrons. The minimum Gasteiger partial charge on any atom is -0.366 e. The molecule has 5 heteroatoms. The monoisotopic (exact) mass is 247 g/mol. The Morgan fingerprint density at radius 2 is 1.83 bits per heavy atom. The number of benzene rings is 1. The van der Waals surface area contributed by atoms with Crippen LogP contribution >= 0.6 is 0 Å². The second-order valence-electron chi connectivity index (χ2n) is 4.88. The SMILES string of the molecule is NC(=O)c1ccc(NC(=O)CC2(N)CCC2)cc1. The molecule has 1 aromatic carbocycles. The van der Waals surface area contributed by atoms with Crippen molar-refractivity contribution in [3.8, 4) is 0 Å². The van der Waals surface area contributed by atoms with E-state index in [1.165, 1.54) is 0 Å². The van der Waals surface area contributed by atoms with Gasteiger partial charge in [-0.25, -0.2) is 0 Å². The summed E-state index contributed by atoms with van der Waals surface area (Å²) in [7, 11) is 0. The number of carbonyl (C=O) groups excluding carboxylic acids is 2. The van der Waals surface area contributed by atoms with Crippen molar-refractivity contribution in [2.45, 2.75) is 31.2 Å². The third kappa shape index (κ3) is 2.87. The normalized spacial score (nSPS) is 16.7. The highest BCUT2D eigenvalue weighted by molar-refractivity contribution is 5.95. The molecular weight excluding hydrogens is 230 g/mol. The van der Waals surface area contributed by atoms with Crippen LogP contribution < -0.4 is 16.8 Å². The summed E-state index contributed by atoms with van der Waals surface area (Å²) in [6.45, 7) is 0. The molecule has 0 radical (unpaired) electrons. The lowest BCUT2D eigenvalue weighted by atomic mass is 9.75. The lowest BCUT2D eigenvalue weighted by Crippen LogP contribution is -2.48. The molecule has 0 bridgehead atoms. The Kier molecular flexibility index (Phi) is 3.34. The van der Waals surface area contributed by atoms with Crippen LogP contribution in [0, 0.1) is 0 Å². The van der Waals surface area contributed by atoms with Crippen molar-refractivity contribution in [2.75, 3.05) is 5.32 Å². The third-order valence-electron chi connectivity index (χ3n) is 3.32. The average Bonchev–Trinajstić information content (AvgIpc) is 2.27. The molecule has 0 saturated heterocycles. The number of rotatable bonds is 4. The number of hydrogen-bond acceptors (Lipinski definition) is 3. The molecule has 1 aliphatic carbocycles. The zero-order valence-electron chi connectivity index (χ0n) is 10.1. The lowest BCUT2D eigenvalue weighted by molar-refractivity contribution is -0.118. The van der Waals surface area contributed by atoms with Crippen molar-refractivity contribution in [1.29, 1.82) is 0 Å². The third-order valence-corrected chi connectivity index (χ3v) is 3.32. The van der Waals surface area contributed by atoms with Gasteiger partial charge in [0.05, 0.1) is 0 Å². The van der Waals surface area contributed by atoms with Gasteiger partial charge in [-0.05, 0) is 43.5 Å². The first kappa shape index (κ1) is 12.6. The molecule has 0 unspecified atom stereocenters. The van der Waals surface area contributed by atoms with E-state index in [0.717, 1.165) is 19.3 Å². The Hall–Kier alpha value is -1.88. The molecule has 0 aliphatic heterocycles. The molecule has 0 atom stereocenters. The lowest BCUT2D eigenvalue weighted by Gasteiger charge is -2.37. The Morgan fingerprint density at radius 1 is 1.22 bits per heavy atom. The van der Waals surface area contributed by atoms with Crippen molar-refractivity contribution in [2.24, 2.45) is 11.5 Å². The molecule has 0 aromatic heterocycles. The molecule has 1 fully saturated rings. The van der Waals surface area contributed by atoms with E-state index in [0.29, 0.717) is 17.7 Å². The van der Waals surface area contributed by atoms with Gasteiger partial charge in [-0.1, -0.05) is 0 Å². The summed E-state index contributed by atoms with van der Waals surface area (Å²) in [6.07, 6.45) is 3.24. The maximum absolute atomic E-state index is 11.8. The summed E-state index contributed by atoms with van der Waals surface area (Å²) in [5.41, 5.74) is 11.9. The number of nitrogens with one attached hydrogen (secondary N) is 1. The van der Waals surface area contributed by atoms with E-state index in [-0.39, 0.29) is 11.4 Å². The number of carbonyl (C=O) groups is 2. The topological polar surface area (TPSA) is 98.2 Å². The molecule has 18 heavy (non-hydrogen) atoms. The summed E-state index contributed by atoms with van der Waals surface area (Å²) in [5, 5.41) is 2.76. The standard InChI is InChI=1S/C13H17N3O2/c14-12(18)9-2-4-10(5-3-9)16-11(17)8-13(15)6-1-7-13/h2-5H,1,6-8,15H2,(H2,14,18)(H,16,17). The second-order valence-corrected chi connectivity index (χ2v) is 4.88. The maximum atomic E-state index is 11.8. The number of hydrogen-bond donors (Lipinski definition) is 3. The minimum absolute atomic E-state index is 0.0935. The minimum atomic E-state index is -0.483. The van der Waals surface area contributed by atoms with Gasteiger partial charge >= 0.3 is 0 Å². The maximum Gasteiger partial charge on any atom is 0.248 e.